The predicted molar refractivity (Wildman–Crippen MR) is 129 cm³/mol. The minimum atomic E-state index is -0.363. The fraction of sp³-hybridized carbons (Fsp3) is 0.174. The number of benzene rings is 1. The number of thioether (sulfide) groups is 1. The molecule has 0 radical (unpaired) electrons. The van der Waals surface area contributed by atoms with Crippen LogP contribution in [-0.4, -0.2) is 46.2 Å². The highest BCUT2D eigenvalue weighted by atomic mass is 32.2. The molecule has 4 aromatic rings. The summed E-state index contributed by atoms with van der Waals surface area (Å²) in [5.41, 5.74) is 0.728. The summed E-state index contributed by atoms with van der Waals surface area (Å²) in [5, 5.41) is 1.43. The average molecular weight is 451 g/mol. The zero-order valence-corrected chi connectivity index (χ0v) is 18.8. The Morgan fingerprint density at radius 2 is 1.71 bits per heavy atom. The summed E-state index contributed by atoms with van der Waals surface area (Å²) >= 11 is 3.38. The van der Waals surface area contributed by atoms with Crippen LogP contribution in [0.5, 0.6) is 0 Å². The Morgan fingerprint density at radius 3 is 2.48 bits per heavy atom. The summed E-state index contributed by atoms with van der Waals surface area (Å²) in [4.78, 5) is 38.1. The predicted octanol–water partition coefficient (Wildman–Crippen LogP) is 1.98. The third kappa shape index (κ3) is 5.41. The molecule has 158 valence electrons. The van der Waals surface area contributed by atoms with Gasteiger partial charge in [-0.2, -0.15) is 0 Å². The molecule has 0 fully saturated rings. The summed E-state index contributed by atoms with van der Waals surface area (Å²) in [5.74, 6) is 0.998. The van der Waals surface area contributed by atoms with E-state index in [1.165, 1.54) is 4.21 Å². The Balaban J connectivity index is 1.62. The van der Waals surface area contributed by atoms with Gasteiger partial charge in [0.15, 0.2) is 0 Å². The number of aromatic amines is 2. The van der Waals surface area contributed by atoms with Crippen molar-refractivity contribution in [2.75, 3.05) is 26.4 Å². The highest BCUT2D eigenvalue weighted by molar-refractivity contribution is 8.01. The van der Waals surface area contributed by atoms with Gasteiger partial charge < -0.3 is 14.9 Å². The number of para-hydroxylation sites is 1. The third-order valence-corrected chi connectivity index (χ3v) is 6.81. The number of aromatic nitrogens is 3. The summed E-state index contributed by atoms with van der Waals surface area (Å²) < 4.78 is 1.18. The maximum absolute atomic E-state index is 12.6. The lowest BCUT2D eigenvalue weighted by atomic mass is 10.2. The largest absolute Gasteiger partial charge is 0.316 e. The van der Waals surface area contributed by atoms with E-state index < -0.39 is 0 Å². The Hall–Kier alpha value is -2.94. The molecule has 0 aliphatic carbocycles. The molecule has 6 nitrogen and oxygen atoms in total. The van der Waals surface area contributed by atoms with Crippen LogP contribution in [-0.2, 0) is 0 Å². The minimum Gasteiger partial charge on any atom is -0.316 e. The number of fused-ring (bicyclic) bond motifs is 1. The molecular formula is C23H22N4O2S2. The number of H-pyrrole nitrogens is 2. The highest BCUT2D eigenvalue weighted by Crippen LogP contribution is 2.27. The number of pyridine rings is 1. The second-order valence-electron chi connectivity index (χ2n) is 7.26. The maximum Gasteiger partial charge on any atom is 0.272 e. The first-order chi connectivity index (χ1) is 15.0. The quantitative estimate of drug-likeness (QED) is 0.439. The molecule has 31 heavy (non-hydrogen) atoms. The summed E-state index contributed by atoms with van der Waals surface area (Å²) in [7, 11) is 4.10. The van der Waals surface area contributed by atoms with Crippen LogP contribution in [0.25, 0.3) is 23.1 Å². The van der Waals surface area contributed by atoms with E-state index in [0.29, 0.717) is 5.69 Å². The lowest BCUT2D eigenvalue weighted by molar-refractivity contribution is 0.437. The molecule has 3 aromatic heterocycles. The van der Waals surface area contributed by atoms with Gasteiger partial charge in [0.1, 0.15) is 10.7 Å². The number of hydrogen-bond donors (Lipinski definition) is 2. The van der Waals surface area contributed by atoms with Crippen molar-refractivity contribution in [2.45, 2.75) is 4.21 Å². The molecule has 0 aliphatic heterocycles. The number of hydrogen-bond acceptors (Lipinski definition) is 6. The Bertz CT molecular complexity index is 1450. The van der Waals surface area contributed by atoms with Gasteiger partial charge >= 0.3 is 0 Å². The van der Waals surface area contributed by atoms with Crippen molar-refractivity contribution in [3.63, 3.8) is 0 Å². The van der Waals surface area contributed by atoms with Crippen molar-refractivity contribution in [2.24, 2.45) is 0 Å². The van der Waals surface area contributed by atoms with Crippen molar-refractivity contribution in [3.05, 3.63) is 90.5 Å². The normalized spacial score (nSPS) is 12.9. The van der Waals surface area contributed by atoms with Crippen LogP contribution in [0.4, 0.5) is 0 Å². The monoisotopic (exact) mass is 450 g/mol. The number of rotatable bonds is 6. The van der Waals surface area contributed by atoms with E-state index in [9.17, 15) is 9.59 Å². The molecule has 0 aliphatic rings. The summed E-state index contributed by atoms with van der Waals surface area (Å²) in [6, 6.07) is 15.5. The standard InChI is InChI=1S/C23H22N4O2S2/c1-27(2)11-12-30-21-10-9-17(31-21)14-20-23(29)25-19(22(28)26-20)13-16-8-7-15-5-3-4-6-18(15)24-16/h3-10,13-14H,11-12H2,1-2H3,(H,25,29)(H,26,28). The van der Waals surface area contributed by atoms with E-state index in [-0.39, 0.29) is 21.8 Å². The summed E-state index contributed by atoms with van der Waals surface area (Å²) in [6.07, 6.45) is 3.29. The number of thiophene rings is 1. The van der Waals surface area contributed by atoms with Crippen LogP contribution in [0.2, 0.25) is 0 Å². The van der Waals surface area contributed by atoms with E-state index >= 15 is 0 Å². The van der Waals surface area contributed by atoms with Crippen LogP contribution < -0.4 is 21.8 Å². The lowest BCUT2D eigenvalue weighted by Crippen LogP contribution is -2.46. The topological polar surface area (TPSA) is 81.8 Å². The van der Waals surface area contributed by atoms with Crippen LogP contribution in [0.3, 0.4) is 0 Å². The summed E-state index contributed by atoms with van der Waals surface area (Å²) in [6.45, 7) is 0.999. The molecule has 2 N–H and O–H groups in total. The Kier molecular flexibility index (Phi) is 6.50. The van der Waals surface area contributed by atoms with Gasteiger partial charge in [-0.15, -0.1) is 23.1 Å². The second kappa shape index (κ2) is 9.47. The van der Waals surface area contributed by atoms with Crippen LogP contribution in [0.15, 0.2) is 62.3 Å². The molecule has 0 saturated carbocycles. The first-order valence-electron chi connectivity index (χ1n) is 9.77. The Morgan fingerprint density at radius 1 is 0.968 bits per heavy atom. The van der Waals surface area contributed by atoms with Gasteiger partial charge in [-0.25, -0.2) is 4.98 Å². The zero-order chi connectivity index (χ0) is 21.8. The molecule has 1 aromatic carbocycles. The molecule has 0 atom stereocenters. The van der Waals surface area contributed by atoms with E-state index in [2.05, 4.69) is 19.9 Å². The smallest absolute Gasteiger partial charge is 0.272 e. The van der Waals surface area contributed by atoms with Crippen LogP contribution >= 0.6 is 23.1 Å². The van der Waals surface area contributed by atoms with Gasteiger partial charge in [-0.05, 0) is 50.5 Å². The molecule has 8 heteroatoms. The number of nitrogens with one attached hydrogen (secondary N) is 2. The molecular weight excluding hydrogens is 428 g/mol. The third-order valence-electron chi connectivity index (χ3n) is 4.57. The lowest BCUT2D eigenvalue weighted by Gasteiger charge is -2.07. The molecule has 0 unspecified atom stereocenters. The van der Waals surface area contributed by atoms with Crippen molar-refractivity contribution >= 4 is 46.2 Å². The Labute approximate surface area is 187 Å². The van der Waals surface area contributed by atoms with Crippen molar-refractivity contribution in [3.8, 4) is 0 Å². The molecule has 0 amide bonds. The SMILES string of the molecule is CN(C)CCSc1ccc(C=c2[nH]c(=O)c(=Cc3ccc4ccccc4n3)[nH]c2=O)s1. The van der Waals surface area contributed by atoms with E-state index in [1.807, 2.05) is 62.6 Å². The maximum atomic E-state index is 12.6. The fourth-order valence-corrected chi connectivity index (χ4v) is 5.24. The fourth-order valence-electron chi connectivity index (χ4n) is 2.97. The molecule has 0 saturated heterocycles. The molecule has 0 bridgehead atoms. The van der Waals surface area contributed by atoms with Gasteiger partial charge in [-0.3, -0.25) is 9.59 Å². The highest BCUT2D eigenvalue weighted by Gasteiger charge is 2.02. The van der Waals surface area contributed by atoms with Crippen LogP contribution in [0, 0.1) is 0 Å². The van der Waals surface area contributed by atoms with Crippen molar-refractivity contribution in [1.82, 2.24) is 19.9 Å². The first kappa shape index (κ1) is 21.3. The van der Waals surface area contributed by atoms with Gasteiger partial charge in [0.05, 0.1) is 15.4 Å². The van der Waals surface area contributed by atoms with Gasteiger partial charge in [-0.1, -0.05) is 24.3 Å². The van der Waals surface area contributed by atoms with Crippen molar-refractivity contribution in [1.29, 1.82) is 0 Å². The van der Waals surface area contributed by atoms with Gasteiger partial charge in [0.2, 0.25) is 0 Å². The second-order valence-corrected chi connectivity index (χ2v) is 9.77. The van der Waals surface area contributed by atoms with E-state index in [4.69, 9.17) is 0 Å². The van der Waals surface area contributed by atoms with Crippen LogP contribution in [0.1, 0.15) is 10.6 Å². The van der Waals surface area contributed by atoms with E-state index in [1.54, 1.807) is 35.3 Å². The molecule has 0 spiro atoms. The molecule has 3 heterocycles. The first-order valence-corrected chi connectivity index (χ1v) is 11.6. The average Bonchev–Trinajstić information content (AvgIpc) is 3.18. The number of nitrogens with zero attached hydrogens (tertiary/aromatic N) is 2. The molecule has 4 rings (SSSR count). The van der Waals surface area contributed by atoms with Gasteiger partial charge in [0.25, 0.3) is 11.1 Å². The minimum absolute atomic E-state index is 0.177. The van der Waals surface area contributed by atoms with Gasteiger partial charge in [0, 0.05) is 22.6 Å². The zero-order valence-electron chi connectivity index (χ0n) is 17.2. The van der Waals surface area contributed by atoms with E-state index in [0.717, 1.165) is 28.1 Å². The van der Waals surface area contributed by atoms with Crippen molar-refractivity contribution < 1.29 is 0 Å².